The third-order valence-electron chi connectivity index (χ3n) is 4.97. The lowest BCUT2D eigenvalue weighted by Crippen LogP contribution is -2.43. The second kappa shape index (κ2) is 8.81. The molecule has 1 aromatic heterocycles. The fourth-order valence-corrected chi connectivity index (χ4v) is 4.97. The highest BCUT2D eigenvalue weighted by Crippen LogP contribution is 2.40. The number of hydrogen-bond donors (Lipinski definition) is 3. The largest absolute Gasteiger partial charge is 0.486 e. The van der Waals surface area contributed by atoms with Gasteiger partial charge in [0.15, 0.2) is 5.82 Å². The number of fused-ring (bicyclic) bond motifs is 1. The molecule has 15 heteroatoms. The number of aromatic amines is 1. The number of aryl methyl sites for hydroxylation is 1. The number of tetrazole rings is 1. The van der Waals surface area contributed by atoms with Crippen LogP contribution in [0.2, 0.25) is 0 Å². The molecule has 3 N–H and O–H groups in total. The van der Waals surface area contributed by atoms with Gasteiger partial charge in [0.05, 0.1) is 22.7 Å². The van der Waals surface area contributed by atoms with Crippen LogP contribution in [0, 0.1) is 0 Å². The van der Waals surface area contributed by atoms with Crippen molar-refractivity contribution in [2.45, 2.75) is 30.0 Å². The Bertz CT molecular complexity index is 1300. The molecule has 34 heavy (non-hydrogen) atoms. The molecule has 1 aliphatic rings. The number of carbonyl (C=O) groups is 1. The lowest BCUT2D eigenvalue weighted by atomic mass is 10.1. The first-order valence-corrected chi connectivity index (χ1v) is 11.2. The van der Waals surface area contributed by atoms with Crippen LogP contribution in [0.4, 0.5) is 29.3 Å². The summed E-state index contributed by atoms with van der Waals surface area (Å²) in [7, 11) is -4.48. The van der Waals surface area contributed by atoms with Gasteiger partial charge < -0.3 is 9.84 Å². The van der Waals surface area contributed by atoms with Gasteiger partial charge in [-0.15, -0.1) is 10.2 Å². The van der Waals surface area contributed by atoms with Crippen molar-refractivity contribution in [3.63, 3.8) is 0 Å². The van der Waals surface area contributed by atoms with Crippen LogP contribution in [0.15, 0.2) is 47.4 Å². The van der Waals surface area contributed by atoms with E-state index in [1.54, 1.807) is 0 Å². The summed E-state index contributed by atoms with van der Waals surface area (Å²) in [4.78, 5) is 10.5. The van der Waals surface area contributed by atoms with Crippen molar-refractivity contribution >= 4 is 27.5 Å². The molecule has 0 radical (unpaired) electrons. The molecule has 0 fully saturated rings. The fraction of sp³-hybridized carbons (Fsp3) is 0.263. The Balaban J connectivity index is 1.72. The van der Waals surface area contributed by atoms with E-state index in [1.807, 2.05) is 0 Å². The number of nitrogens with one attached hydrogen (secondary N) is 2. The number of nitrogens with zero attached hydrogens (tertiary/aromatic N) is 4. The van der Waals surface area contributed by atoms with Crippen LogP contribution in [0.1, 0.15) is 17.8 Å². The molecule has 0 spiro atoms. The summed E-state index contributed by atoms with van der Waals surface area (Å²) in [5.74, 6) is 0.499. The predicted octanol–water partition coefficient (Wildman–Crippen LogP) is 2.90. The van der Waals surface area contributed by atoms with Crippen LogP contribution in [-0.2, 0) is 22.6 Å². The summed E-state index contributed by atoms with van der Waals surface area (Å²) < 4.78 is 73.3. The quantitative estimate of drug-likeness (QED) is 0.469. The molecule has 1 aliphatic heterocycles. The van der Waals surface area contributed by atoms with Gasteiger partial charge in [0.1, 0.15) is 11.9 Å². The van der Waals surface area contributed by atoms with Gasteiger partial charge in [-0.1, -0.05) is 11.3 Å². The van der Waals surface area contributed by atoms with E-state index in [-0.39, 0.29) is 30.1 Å². The molecule has 3 aromatic rings. The molecule has 1 unspecified atom stereocenters. The van der Waals surface area contributed by atoms with E-state index in [4.69, 9.17) is 9.84 Å². The highest BCUT2D eigenvalue weighted by Gasteiger charge is 2.37. The van der Waals surface area contributed by atoms with Gasteiger partial charge in [0.2, 0.25) is 0 Å². The maximum absolute atomic E-state index is 13.5. The van der Waals surface area contributed by atoms with Gasteiger partial charge in [-0.3, -0.25) is 9.62 Å². The third-order valence-corrected chi connectivity index (χ3v) is 6.75. The minimum absolute atomic E-state index is 0.0144. The number of sulfonamides is 1. The van der Waals surface area contributed by atoms with Gasteiger partial charge in [0.25, 0.3) is 10.0 Å². The summed E-state index contributed by atoms with van der Waals surface area (Å²) in [5.41, 5.74) is -1.07. The van der Waals surface area contributed by atoms with Gasteiger partial charge in [-0.05, 0) is 42.8 Å². The molecule has 0 aliphatic carbocycles. The van der Waals surface area contributed by atoms with E-state index in [0.29, 0.717) is 18.3 Å². The highest BCUT2D eigenvalue weighted by molar-refractivity contribution is 7.92. The Hall–Kier alpha value is -3.88. The second-order valence-corrected chi connectivity index (χ2v) is 9.14. The number of H-pyrrole nitrogens is 1. The van der Waals surface area contributed by atoms with Crippen LogP contribution in [0.5, 0.6) is 5.75 Å². The molecular formula is C19H17F3N6O5S. The van der Waals surface area contributed by atoms with E-state index >= 15 is 0 Å². The third kappa shape index (κ3) is 4.88. The Morgan fingerprint density at radius 2 is 2.06 bits per heavy atom. The number of ether oxygens (including phenoxy) is 1. The number of alkyl halides is 3. The zero-order chi connectivity index (χ0) is 24.5. The van der Waals surface area contributed by atoms with Crippen LogP contribution in [-0.4, -0.2) is 52.9 Å². The standard InChI is InChI=1S/C19H17F3N6O5S/c20-19(21,22)11-2-1-3-14(8-11)34(31,32)28-10-13(5-7-17-24-26-27-25-17)33-16-6-4-12(9-15(16)28)23-18(29)30/h1-4,6,8-9,13,23H,5,7,10H2,(H,29,30)(H,24,25,26,27). The van der Waals surface area contributed by atoms with Gasteiger partial charge in [-0.2, -0.15) is 18.4 Å². The van der Waals surface area contributed by atoms with Crippen molar-refractivity contribution in [2.75, 3.05) is 16.2 Å². The van der Waals surface area contributed by atoms with E-state index in [2.05, 4.69) is 25.9 Å². The Labute approximate surface area is 190 Å². The molecule has 1 amide bonds. The molecule has 0 saturated carbocycles. The second-order valence-electron chi connectivity index (χ2n) is 7.28. The lowest BCUT2D eigenvalue weighted by molar-refractivity contribution is -0.137. The van der Waals surface area contributed by atoms with Crippen LogP contribution in [0.25, 0.3) is 0 Å². The maximum Gasteiger partial charge on any atom is 0.416 e. The number of carboxylic acid groups (broad SMARTS) is 1. The fourth-order valence-electron chi connectivity index (χ4n) is 3.43. The first-order valence-electron chi connectivity index (χ1n) is 9.77. The normalized spacial score (nSPS) is 16.0. The number of rotatable bonds is 6. The number of amides is 1. The average Bonchev–Trinajstić information content (AvgIpc) is 3.30. The van der Waals surface area contributed by atoms with Crippen LogP contribution in [0.3, 0.4) is 0 Å². The zero-order valence-electron chi connectivity index (χ0n) is 17.2. The predicted molar refractivity (Wildman–Crippen MR) is 111 cm³/mol. The van der Waals surface area contributed by atoms with E-state index < -0.39 is 38.9 Å². The van der Waals surface area contributed by atoms with Crippen LogP contribution >= 0.6 is 0 Å². The van der Waals surface area contributed by atoms with Crippen molar-refractivity contribution in [3.05, 3.63) is 53.9 Å². The van der Waals surface area contributed by atoms with Crippen molar-refractivity contribution < 1.29 is 36.2 Å². The number of hydrogen-bond acceptors (Lipinski definition) is 7. The minimum atomic E-state index is -4.74. The molecule has 4 rings (SSSR count). The van der Waals surface area contributed by atoms with E-state index in [1.165, 1.54) is 18.2 Å². The number of anilines is 2. The molecule has 0 saturated heterocycles. The lowest BCUT2D eigenvalue weighted by Gasteiger charge is -2.35. The van der Waals surface area contributed by atoms with Crippen LogP contribution < -0.4 is 14.4 Å². The van der Waals surface area contributed by atoms with Crippen molar-refractivity contribution in [1.29, 1.82) is 0 Å². The maximum atomic E-state index is 13.5. The summed E-state index contributed by atoms with van der Waals surface area (Å²) in [6, 6.07) is 7.40. The first-order chi connectivity index (χ1) is 16.0. The van der Waals surface area contributed by atoms with Gasteiger partial charge in [-0.25, -0.2) is 13.2 Å². The van der Waals surface area contributed by atoms with Gasteiger partial charge >= 0.3 is 12.3 Å². The molecule has 0 bridgehead atoms. The minimum Gasteiger partial charge on any atom is -0.486 e. The molecular weight excluding hydrogens is 481 g/mol. The van der Waals surface area contributed by atoms with Crippen molar-refractivity contribution in [1.82, 2.24) is 20.6 Å². The monoisotopic (exact) mass is 498 g/mol. The SMILES string of the molecule is O=C(O)Nc1ccc2c(c1)N(S(=O)(=O)c1cccc(C(F)(F)F)c1)CC(CCc1nn[nH]n1)O2. The Kier molecular flexibility index (Phi) is 6.03. The zero-order valence-corrected chi connectivity index (χ0v) is 18.0. The van der Waals surface area contributed by atoms with E-state index in [0.717, 1.165) is 22.5 Å². The molecule has 1 atom stereocenters. The Morgan fingerprint density at radius 1 is 1.26 bits per heavy atom. The molecule has 11 nitrogen and oxygen atoms in total. The summed E-state index contributed by atoms with van der Waals surface area (Å²) in [6.45, 7) is -0.236. The molecule has 180 valence electrons. The smallest absolute Gasteiger partial charge is 0.416 e. The Morgan fingerprint density at radius 3 is 2.74 bits per heavy atom. The van der Waals surface area contributed by atoms with Crippen molar-refractivity contribution in [3.8, 4) is 5.75 Å². The number of halogens is 3. The van der Waals surface area contributed by atoms with Crippen molar-refractivity contribution in [2.24, 2.45) is 0 Å². The summed E-state index contributed by atoms with van der Waals surface area (Å²) in [6.07, 6.45) is -6.22. The van der Waals surface area contributed by atoms with Gasteiger partial charge in [0, 0.05) is 12.1 Å². The van der Waals surface area contributed by atoms with E-state index in [9.17, 15) is 26.4 Å². The highest BCUT2D eigenvalue weighted by atomic mass is 32.2. The average molecular weight is 498 g/mol. The molecule has 2 aromatic carbocycles. The number of aromatic nitrogens is 4. The summed E-state index contributed by atoms with van der Waals surface area (Å²) >= 11 is 0. The molecule has 2 heterocycles. The summed E-state index contributed by atoms with van der Waals surface area (Å²) in [5, 5.41) is 24.5. The topological polar surface area (TPSA) is 150 Å². The first kappa shape index (κ1) is 23.3. The number of benzene rings is 2.